The number of pyridine rings is 2. The van der Waals surface area contributed by atoms with Gasteiger partial charge in [-0.2, -0.15) is 10.2 Å². The van der Waals surface area contributed by atoms with E-state index in [-0.39, 0.29) is 27.5 Å². The van der Waals surface area contributed by atoms with Gasteiger partial charge >= 0.3 is 11.9 Å². The number of benzene rings is 3. The van der Waals surface area contributed by atoms with Gasteiger partial charge in [-0.15, -0.1) is 0 Å². The molecule has 0 amide bonds. The molecule has 0 atom stereocenters. The van der Waals surface area contributed by atoms with Crippen LogP contribution < -0.4 is 16.6 Å². The predicted octanol–water partition coefficient (Wildman–Crippen LogP) is 6.37. The van der Waals surface area contributed by atoms with Crippen molar-refractivity contribution in [1.29, 1.82) is 0 Å². The number of nitrogens with zero attached hydrogens (tertiary/aromatic N) is 6. The van der Waals surface area contributed by atoms with Gasteiger partial charge in [0, 0.05) is 59.4 Å². The van der Waals surface area contributed by atoms with Gasteiger partial charge in [0.25, 0.3) is 11.2 Å². The molecule has 0 bridgehead atoms. The first kappa shape index (κ1) is 38.6. The van der Waals surface area contributed by atoms with Crippen LogP contribution in [0.25, 0.3) is 32.7 Å². The molecule has 0 saturated carbocycles. The van der Waals surface area contributed by atoms with Crippen molar-refractivity contribution in [3.05, 3.63) is 139 Å². The van der Waals surface area contributed by atoms with E-state index in [1.807, 2.05) is 62.0 Å². The smallest absolute Gasteiger partial charge is 0.339 e. The molecule has 0 unspecified atom stereocenters. The Balaban J connectivity index is 0.000000146. The number of carbonyl (C=O) groups is 2. The van der Waals surface area contributed by atoms with Gasteiger partial charge in [0.2, 0.25) is 0 Å². The second-order valence-electron chi connectivity index (χ2n) is 11.6. The molecule has 18 nitrogen and oxygen atoms in total. The van der Waals surface area contributed by atoms with Crippen molar-refractivity contribution in [3.63, 3.8) is 0 Å². The van der Waals surface area contributed by atoms with Crippen molar-refractivity contribution >= 4 is 79.1 Å². The summed E-state index contributed by atoms with van der Waals surface area (Å²) in [5.74, 6) is -1.76. The first-order chi connectivity index (χ1) is 26.2. The maximum atomic E-state index is 11.1. The largest absolute Gasteiger partial charge is 0.478 e. The van der Waals surface area contributed by atoms with E-state index in [9.17, 15) is 24.5 Å². The standard InChI is InChI=1S/C14H12N4O2.C9H11N3.C7H5N3O3.C6H4ClNO2/c1-8-10-5-4-9(7-12(10)18-17-8)16-13-11(14(19)20)3-2-6-15-13;1-6-8-4-3-7(10)5-9(8)12(2)11-6;11-7-5-2-1-4(10(12)13)3-6(5)8-9-7;7-5-4(6(9)10)2-1-3-8-5/h2-7H,1H3,(H,15,16)(H,17,18)(H,19,20);3-5H,10H2,1-2H3;1-3H,(H2,8,9,11);1-3H,(H,9,10). The van der Waals surface area contributed by atoms with E-state index in [0.717, 1.165) is 39.2 Å². The van der Waals surface area contributed by atoms with Crippen LogP contribution in [0, 0.1) is 24.0 Å². The van der Waals surface area contributed by atoms with Crippen LogP contribution in [0.15, 0.2) is 96.1 Å². The molecule has 0 aliphatic rings. The van der Waals surface area contributed by atoms with Gasteiger partial charge in [-0.25, -0.2) is 19.6 Å². The van der Waals surface area contributed by atoms with Gasteiger partial charge in [0.1, 0.15) is 16.5 Å². The number of halogens is 1. The van der Waals surface area contributed by atoms with Gasteiger partial charge in [0.15, 0.2) is 0 Å². The highest BCUT2D eigenvalue weighted by atomic mass is 35.5. The van der Waals surface area contributed by atoms with Crippen molar-refractivity contribution in [1.82, 2.24) is 40.1 Å². The maximum Gasteiger partial charge on any atom is 0.339 e. The van der Waals surface area contributed by atoms with Crippen LogP contribution in [0.5, 0.6) is 0 Å². The number of nitrogen functional groups attached to an aromatic ring is 1. The number of non-ortho nitro benzene ring substituents is 1. The molecule has 8 N–H and O–H groups in total. The van der Waals surface area contributed by atoms with Crippen molar-refractivity contribution in [2.75, 3.05) is 11.1 Å². The number of H-pyrrole nitrogens is 3. The fourth-order valence-corrected chi connectivity index (χ4v) is 5.38. The molecule has 55 heavy (non-hydrogen) atoms. The summed E-state index contributed by atoms with van der Waals surface area (Å²) in [6, 6.07) is 21.5. The number of nitrogens with two attached hydrogens (primary N) is 1. The molecule has 0 aliphatic heterocycles. The minimum atomic E-state index is -1.06. The number of hydrogen-bond donors (Lipinski definition) is 7. The average Bonchev–Trinajstić information content (AvgIpc) is 3.81. The number of rotatable bonds is 5. The normalized spacial score (nSPS) is 10.4. The number of nitro benzene ring substituents is 1. The highest BCUT2D eigenvalue weighted by Gasteiger charge is 2.12. The molecule has 5 aromatic heterocycles. The lowest BCUT2D eigenvalue weighted by Gasteiger charge is -2.08. The van der Waals surface area contributed by atoms with E-state index < -0.39 is 16.9 Å². The molecular weight excluding hydrogens is 734 g/mol. The molecule has 3 aromatic carbocycles. The van der Waals surface area contributed by atoms with Gasteiger partial charge in [-0.05, 0) is 80.6 Å². The number of aryl methyl sites for hydroxylation is 3. The van der Waals surface area contributed by atoms with E-state index in [4.69, 9.17) is 27.5 Å². The summed E-state index contributed by atoms with van der Waals surface area (Å²) >= 11 is 5.43. The minimum absolute atomic E-state index is 0.0231. The maximum absolute atomic E-state index is 11.1. The van der Waals surface area contributed by atoms with E-state index in [0.29, 0.717) is 16.7 Å². The highest BCUT2D eigenvalue weighted by Crippen LogP contribution is 2.24. The summed E-state index contributed by atoms with van der Waals surface area (Å²) in [5, 5.41) is 49.8. The molecule has 0 aliphatic carbocycles. The molecule has 0 radical (unpaired) electrons. The molecule has 280 valence electrons. The van der Waals surface area contributed by atoms with Crippen LogP contribution in [-0.2, 0) is 7.05 Å². The third kappa shape index (κ3) is 9.26. The Kier molecular flexibility index (Phi) is 11.8. The number of aromatic amines is 3. The number of anilines is 3. The Labute approximate surface area is 314 Å². The van der Waals surface area contributed by atoms with E-state index >= 15 is 0 Å². The monoisotopic (exact) mass is 765 g/mol. The molecular formula is C36H32ClN11O7. The van der Waals surface area contributed by atoms with Crippen LogP contribution in [0.3, 0.4) is 0 Å². The van der Waals surface area contributed by atoms with E-state index in [1.54, 1.807) is 12.3 Å². The number of nitrogens with one attached hydrogen (secondary N) is 4. The summed E-state index contributed by atoms with van der Waals surface area (Å²) < 4.78 is 1.85. The molecule has 8 rings (SSSR count). The van der Waals surface area contributed by atoms with Crippen molar-refractivity contribution in [2.45, 2.75) is 13.8 Å². The number of nitro groups is 1. The number of aromatic nitrogens is 8. The lowest BCUT2D eigenvalue weighted by atomic mass is 10.2. The number of carboxylic acid groups (broad SMARTS) is 2. The number of hydrogen-bond acceptors (Lipinski definition) is 11. The number of aromatic carboxylic acids is 2. The Morgan fingerprint density at radius 1 is 0.891 bits per heavy atom. The lowest BCUT2D eigenvalue weighted by Crippen LogP contribution is -2.04. The SMILES string of the molecule is Cc1[nH]nc2cc(Nc3ncccc3C(=O)O)ccc12.Cc1nn(C)c2cc(N)ccc12.O=C(O)c1cccnc1Cl.O=c1[nH][nH]c2cc([N+](=O)[O-])ccc12. The van der Waals surface area contributed by atoms with E-state index in [2.05, 4.69) is 40.8 Å². The van der Waals surface area contributed by atoms with Crippen LogP contribution in [0.1, 0.15) is 32.1 Å². The van der Waals surface area contributed by atoms with Crippen LogP contribution in [-0.4, -0.2) is 67.2 Å². The van der Waals surface area contributed by atoms with Crippen molar-refractivity contribution in [2.24, 2.45) is 7.05 Å². The summed E-state index contributed by atoms with van der Waals surface area (Å²) in [7, 11) is 1.93. The zero-order chi connectivity index (χ0) is 39.8. The second kappa shape index (κ2) is 16.8. The van der Waals surface area contributed by atoms with Crippen molar-refractivity contribution < 1.29 is 24.7 Å². The average molecular weight is 766 g/mol. The fourth-order valence-electron chi connectivity index (χ4n) is 5.18. The topological polar surface area (TPSA) is 277 Å². The van der Waals surface area contributed by atoms with Crippen LogP contribution in [0.2, 0.25) is 5.15 Å². The Bertz CT molecular complexity index is 2740. The number of fused-ring (bicyclic) bond motifs is 3. The van der Waals surface area contributed by atoms with Crippen molar-refractivity contribution in [3.8, 4) is 0 Å². The quantitative estimate of drug-likeness (QED) is 0.0435. The Hall–Kier alpha value is -7.60. The minimum Gasteiger partial charge on any atom is -0.478 e. The summed E-state index contributed by atoms with van der Waals surface area (Å²) in [5.41, 5.74) is 11.4. The molecule has 0 saturated heterocycles. The number of carboxylic acids is 2. The molecule has 0 fully saturated rings. The molecule has 8 aromatic rings. The first-order valence-electron chi connectivity index (χ1n) is 16.0. The fraction of sp³-hybridized carbons (Fsp3) is 0.0833. The van der Waals surface area contributed by atoms with Crippen LogP contribution >= 0.6 is 11.6 Å². The summed E-state index contributed by atoms with van der Waals surface area (Å²) in [6.07, 6.45) is 2.99. The van der Waals surface area contributed by atoms with Gasteiger partial charge in [-0.3, -0.25) is 34.9 Å². The Morgan fingerprint density at radius 3 is 2.24 bits per heavy atom. The second-order valence-corrected chi connectivity index (χ2v) is 12.0. The predicted molar refractivity (Wildman–Crippen MR) is 207 cm³/mol. The molecule has 19 heteroatoms. The summed E-state index contributed by atoms with van der Waals surface area (Å²) in [4.78, 5) is 49.9. The first-order valence-corrected chi connectivity index (χ1v) is 16.4. The third-order valence-corrected chi connectivity index (χ3v) is 8.17. The van der Waals surface area contributed by atoms with Gasteiger partial charge in [-0.1, -0.05) is 11.6 Å². The van der Waals surface area contributed by atoms with Crippen LogP contribution in [0.4, 0.5) is 22.9 Å². The van der Waals surface area contributed by atoms with Gasteiger partial charge in [0.05, 0.1) is 38.1 Å². The molecule has 5 heterocycles. The van der Waals surface area contributed by atoms with Gasteiger partial charge < -0.3 is 21.3 Å². The third-order valence-electron chi connectivity index (χ3n) is 7.87. The zero-order valence-corrected chi connectivity index (χ0v) is 30.0. The lowest BCUT2D eigenvalue weighted by molar-refractivity contribution is -0.384. The molecule has 0 spiro atoms. The Morgan fingerprint density at radius 2 is 1.56 bits per heavy atom. The summed E-state index contributed by atoms with van der Waals surface area (Å²) in [6.45, 7) is 3.95. The zero-order valence-electron chi connectivity index (χ0n) is 29.2. The van der Waals surface area contributed by atoms with E-state index in [1.165, 1.54) is 48.0 Å². The highest BCUT2D eigenvalue weighted by molar-refractivity contribution is 6.32.